The topological polar surface area (TPSA) is 109 Å². The minimum absolute atomic E-state index is 0.284. The maximum Gasteiger partial charge on any atom is 0.0645 e. The Morgan fingerprint density at radius 3 is 1.23 bits per heavy atom. The maximum absolute atomic E-state index is 6.77. The highest BCUT2D eigenvalue weighted by Crippen LogP contribution is 2.46. The van der Waals surface area contributed by atoms with Gasteiger partial charge >= 0.3 is 0 Å². The molecular formula is C42H69N9O. The Hall–Kier alpha value is -1.34. The summed E-state index contributed by atoms with van der Waals surface area (Å²) in [7, 11) is 0. The molecule has 9 aliphatic rings. The van der Waals surface area contributed by atoms with Gasteiger partial charge in [0.2, 0.25) is 0 Å². The monoisotopic (exact) mass is 716 g/mol. The van der Waals surface area contributed by atoms with Crippen LogP contribution in [0.5, 0.6) is 0 Å². The third-order valence-electron chi connectivity index (χ3n) is 16.0. The molecule has 10 rings (SSSR count). The summed E-state index contributed by atoms with van der Waals surface area (Å²) < 4.78 is 6.77. The Balaban J connectivity index is 0.900. The second-order valence-electron chi connectivity index (χ2n) is 18.5. The largest absolute Gasteiger partial charge is 0.376 e. The Kier molecular flexibility index (Phi) is 10.3. The second kappa shape index (κ2) is 15.3. The number of hydrogen-bond donors (Lipinski definition) is 8. The van der Waals surface area contributed by atoms with Crippen LogP contribution in [0.2, 0.25) is 0 Å². The van der Waals surface area contributed by atoms with E-state index in [4.69, 9.17) is 4.74 Å². The van der Waals surface area contributed by atoms with Crippen molar-refractivity contribution >= 4 is 5.69 Å². The van der Waals surface area contributed by atoms with Crippen LogP contribution in [0.1, 0.15) is 103 Å². The molecule has 5 heterocycles. The van der Waals surface area contributed by atoms with E-state index in [1.807, 2.05) is 0 Å². The zero-order chi connectivity index (χ0) is 34.6. The Morgan fingerprint density at radius 2 is 0.846 bits per heavy atom. The van der Waals surface area contributed by atoms with E-state index in [0.717, 1.165) is 38.5 Å². The molecule has 1 aromatic rings. The average molecular weight is 716 g/mol. The number of anilines is 1. The van der Waals surface area contributed by atoms with Crippen molar-refractivity contribution in [3.8, 4) is 0 Å². The first kappa shape index (κ1) is 35.1. The SMILES string of the molecule is CCN(CCOC1CCC2C3NC4NC(NC5NC(NC6NC(NC(N3)C2C1)C1CCCCC61)C1CCCCC51)C1CCCCC41)c1ccccc1. The molecule has 0 aromatic heterocycles. The van der Waals surface area contributed by atoms with Gasteiger partial charge in [-0.3, -0.25) is 42.5 Å². The van der Waals surface area contributed by atoms with E-state index in [-0.39, 0.29) is 6.17 Å². The van der Waals surface area contributed by atoms with Crippen LogP contribution in [0.15, 0.2) is 30.3 Å². The molecule has 1 aromatic carbocycles. The molecule has 0 spiro atoms. The summed E-state index contributed by atoms with van der Waals surface area (Å²) in [5.74, 6) is 5.36. The van der Waals surface area contributed by atoms with Gasteiger partial charge in [-0.05, 0) is 124 Å². The molecule has 9 fully saturated rings. The predicted molar refractivity (Wildman–Crippen MR) is 207 cm³/mol. The van der Waals surface area contributed by atoms with Gasteiger partial charge in [-0.2, -0.15) is 0 Å². The summed E-state index contributed by atoms with van der Waals surface area (Å²) in [6.07, 6.45) is 23.0. The van der Waals surface area contributed by atoms with Gasteiger partial charge in [-0.15, -0.1) is 0 Å². The molecule has 5 saturated heterocycles. The minimum atomic E-state index is 0.284. The molecular weight excluding hydrogens is 647 g/mol. The molecule has 0 radical (unpaired) electrons. The van der Waals surface area contributed by atoms with Crippen LogP contribution >= 0.6 is 0 Å². The first-order valence-electron chi connectivity index (χ1n) is 22.2. The summed E-state index contributed by atoms with van der Waals surface area (Å²) in [4.78, 5) is 2.45. The normalized spacial score (nSPS) is 48.4. The van der Waals surface area contributed by atoms with Crippen molar-refractivity contribution in [1.29, 1.82) is 0 Å². The van der Waals surface area contributed by atoms with Gasteiger partial charge in [-0.1, -0.05) is 56.7 Å². The van der Waals surface area contributed by atoms with Crippen LogP contribution in [-0.2, 0) is 4.74 Å². The fraction of sp³-hybridized carbons (Fsp3) is 0.857. The minimum Gasteiger partial charge on any atom is -0.376 e. The summed E-state index contributed by atoms with van der Waals surface area (Å²) >= 11 is 0. The Morgan fingerprint density at radius 1 is 0.481 bits per heavy atom. The number of fused-ring (bicyclic) bond motifs is 20. The quantitative estimate of drug-likeness (QED) is 0.219. The summed E-state index contributed by atoms with van der Waals surface area (Å²) in [6, 6.07) is 10.8. The van der Waals surface area contributed by atoms with Crippen LogP contribution in [0, 0.1) is 47.3 Å². The number of likely N-dealkylation sites (N-methyl/N-ethyl adjacent to an activating group) is 1. The molecule has 8 N–H and O–H groups in total. The average Bonchev–Trinajstić information content (AvgIpc) is 3.92. The molecule has 4 aliphatic carbocycles. The van der Waals surface area contributed by atoms with Gasteiger partial charge in [-0.25, -0.2) is 0 Å². The molecule has 10 nitrogen and oxygen atoms in total. The zero-order valence-corrected chi connectivity index (χ0v) is 31.8. The van der Waals surface area contributed by atoms with Crippen molar-refractivity contribution in [2.75, 3.05) is 24.6 Å². The van der Waals surface area contributed by atoms with Crippen molar-refractivity contribution < 1.29 is 4.74 Å². The number of rotatable bonds is 6. The fourth-order valence-corrected chi connectivity index (χ4v) is 13.5. The van der Waals surface area contributed by atoms with E-state index in [1.54, 1.807) is 0 Å². The van der Waals surface area contributed by atoms with Crippen molar-refractivity contribution in [3.05, 3.63) is 30.3 Å². The Bertz CT molecular complexity index is 1340. The van der Waals surface area contributed by atoms with Crippen molar-refractivity contribution in [2.24, 2.45) is 47.3 Å². The number of para-hydroxylation sites is 1. The lowest BCUT2D eigenvalue weighted by molar-refractivity contribution is -0.00245. The molecule has 17 atom stereocenters. The van der Waals surface area contributed by atoms with Crippen LogP contribution < -0.4 is 47.4 Å². The van der Waals surface area contributed by atoms with Gasteiger partial charge in [0.05, 0.1) is 62.0 Å². The summed E-state index contributed by atoms with van der Waals surface area (Å²) in [5.41, 5.74) is 1.30. The van der Waals surface area contributed by atoms with E-state index in [0.29, 0.717) is 90.7 Å². The highest BCUT2D eigenvalue weighted by atomic mass is 16.5. The lowest BCUT2D eigenvalue weighted by Crippen LogP contribution is -2.61. The number of nitrogens with zero attached hydrogens (tertiary/aromatic N) is 1. The fourth-order valence-electron chi connectivity index (χ4n) is 13.5. The molecule has 10 heteroatoms. The molecule has 5 aliphatic heterocycles. The van der Waals surface area contributed by atoms with E-state index in [1.165, 1.54) is 89.2 Å². The van der Waals surface area contributed by atoms with Crippen LogP contribution in [0.4, 0.5) is 5.69 Å². The third-order valence-corrected chi connectivity index (χ3v) is 16.0. The lowest BCUT2D eigenvalue weighted by atomic mass is 9.76. The van der Waals surface area contributed by atoms with E-state index < -0.39 is 0 Å². The van der Waals surface area contributed by atoms with Crippen molar-refractivity contribution in [1.82, 2.24) is 42.5 Å². The highest BCUT2D eigenvalue weighted by Gasteiger charge is 2.55. The molecule has 52 heavy (non-hydrogen) atoms. The van der Waals surface area contributed by atoms with Gasteiger partial charge in [0.25, 0.3) is 0 Å². The van der Waals surface area contributed by atoms with Crippen LogP contribution in [0.3, 0.4) is 0 Å². The van der Waals surface area contributed by atoms with E-state index >= 15 is 0 Å². The molecule has 17 unspecified atom stereocenters. The van der Waals surface area contributed by atoms with Gasteiger partial charge < -0.3 is 9.64 Å². The number of benzene rings is 1. The first-order valence-corrected chi connectivity index (χ1v) is 22.2. The van der Waals surface area contributed by atoms with E-state index in [9.17, 15) is 0 Å². The van der Waals surface area contributed by atoms with Crippen LogP contribution in [-0.4, -0.2) is 75.1 Å². The maximum atomic E-state index is 6.77. The summed E-state index contributed by atoms with van der Waals surface area (Å²) in [5, 5.41) is 34.1. The molecule has 8 bridgehead atoms. The van der Waals surface area contributed by atoms with E-state index in [2.05, 4.69) is 84.7 Å². The molecule has 4 saturated carbocycles. The molecule has 288 valence electrons. The zero-order valence-electron chi connectivity index (χ0n) is 31.8. The van der Waals surface area contributed by atoms with Gasteiger partial charge in [0.1, 0.15) is 0 Å². The lowest BCUT2D eigenvalue weighted by Gasteiger charge is -2.38. The van der Waals surface area contributed by atoms with Crippen molar-refractivity contribution in [3.63, 3.8) is 0 Å². The number of ether oxygens (including phenoxy) is 1. The smallest absolute Gasteiger partial charge is 0.0645 e. The number of hydrogen-bond acceptors (Lipinski definition) is 10. The summed E-state index contributed by atoms with van der Waals surface area (Å²) in [6.45, 7) is 5.00. The van der Waals surface area contributed by atoms with Gasteiger partial charge in [0.15, 0.2) is 0 Å². The van der Waals surface area contributed by atoms with Crippen molar-refractivity contribution in [2.45, 2.75) is 159 Å². The number of nitrogens with one attached hydrogen (secondary N) is 8. The van der Waals surface area contributed by atoms with Gasteiger partial charge in [0, 0.05) is 18.8 Å². The third kappa shape index (κ3) is 6.68. The highest BCUT2D eigenvalue weighted by molar-refractivity contribution is 5.45. The predicted octanol–water partition coefficient (Wildman–Crippen LogP) is 4.13. The van der Waals surface area contributed by atoms with Crippen LogP contribution in [0.25, 0.3) is 0 Å². The standard InChI is InChI=1S/C42H69N9O/c1-2-51(25-12-4-3-5-13-25)22-23-52-26-20-21-33-34(24-26)42-49-40-32-19-11-10-18-31(32)38(47-40)45-36-28-15-7-6-14-27(28)35(43-36)44-37-29-16-8-9-17-30(29)39(46-37)48-41(33)50-42/h3-5,12-13,26-50H,2,6-11,14-24H2,1H3. The molecule has 0 amide bonds. The second-order valence-corrected chi connectivity index (χ2v) is 18.5. The Labute approximate surface area is 313 Å². The first-order chi connectivity index (χ1) is 25.7.